The molecule has 152 valence electrons. The molecule has 1 aliphatic carbocycles. The summed E-state index contributed by atoms with van der Waals surface area (Å²) in [5.74, 6) is -1.37. The Morgan fingerprint density at radius 2 is 1.68 bits per heavy atom. The van der Waals surface area contributed by atoms with E-state index in [2.05, 4.69) is 0 Å². The Morgan fingerprint density at radius 1 is 1.00 bits per heavy atom. The van der Waals surface area contributed by atoms with Crippen molar-refractivity contribution in [2.75, 3.05) is 13.2 Å². The highest BCUT2D eigenvalue weighted by molar-refractivity contribution is 5.67. The van der Waals surface area contributed by atoms with Crippen molar-refractivity contribution >= 4 is 17.9 Å². The molecule has 1 aromatic carbocycles. The van der Waals surface area contributed by atoms with E-state index < -0.39 is 24.1 Å². The van der Waals surface area contributed by atoms with Crippen LogP contribution in [0.2, 0.25) is 0 Å². The first-order chi connectivity index (χ1) is 13.4. The van der Waals surface area contributed by atoms with Crippen molar-refractivity contribution < 1.29 is 33.3 Å². The Balaban J connectivity index is 1.94. The van der Waals surface area contributed by atoms with Gasteiger partial charge in [-0.25, -0.2) is 0 Å². The van der Waals surface area contributed by atoms with E-state index in [1.807, 2.05) is 30.3 Å². The average Bonchev–Trinajstić information content (AvgIpc) is 2.98. The van der Waals surface area contributed by atoms with E-state index in [9.17, 15) is 14.4 Å². The minimum Gasteiger partial charge on any atom is -0.463 e. The van der Waals surface area contributed by atoms with Crippen molar-refractivity contribution in [3.8, 4) is 0 Å². The van der Waals surface area contributed by atoms with Gasteiger partial charge in [-0.3, -0.25) is 14.4 Å². The molecule has 0 unspecified atom stereocenters. The van der Waals surface area contributed by atoms with Gasteiger partial charge >= 0.3 is 17.9 Å². The van der Waals surface area contributed by atoms with Gasteiger partial charge in [0.1, 0.15) is 24.9 Å². The van der Waals surface area contributed by atoms with Gasteiger partial charge < -0.3 is 18.9 Å². The molecule has 2 fully saturated rings. The van der Waals surface area contributed by atoms with Crippen molar-refractivity contribution in [3.05, 3.63) is 35.9 Å². The number of ether oxygens (including phenoxy) is 4. The van der Waals surface area contributed by atoms with Crippen molar-refractivity contribution in [1.29, 1.82) is 0 Å². The van der Waals surface area contributed by atoms with Crippen LogP contribution in [-0.4, -0.2) is 49.4 Å². The zero-order chi connectivity index (χ0) is 20.3. The van der Waals surface area contributed by atoms with Gasteiger partial charge in [-0.05, 0) is 17.9 Å². The minimum atomic E-state index is -0.596. The van der Waals surface area contributed by atoms with Crippen LogP contribution >= 0.6 is 0 Å². The van der Waals surface area contributed by atoms with Crippen LogP contribution < -0.4 is 0 Å². The van der Waals surface area contributed by atoms with E-state index >= 15 is 0 Å². The van der Waals surface area contributed by atoms with Crippen LogP contribution in [0.4, 0.5) is 0 Å². The second kappa shape index (κ2) is 8.73. The monoisotopic (exact) mass is 390 g/mol. The van der Waals surface area contributed by atoms with Crippen molar-refractivity contribution in [2.24, 2.45) is 11.8 Å². The number of fused-ring (bicyclic) bond motifs is 1. The lowest BCUT2D eigenvalue weighted by atomic mass is 9.77. The van der Waals surface area contributed by atoms with Crippen LogP contribution in [0.5, 0.6) is 0 Å². The average molecular weight is 390 g/mol. The molecule has 28 heavy (non-hydrogen) atoms. The fourth-order valence-electron chi connectivity index (χ4n) is 4.52. The van der Waals surface area contributed by atoms with Gasteiger partial charge in [-0.1, -0.05) is 30.3 Å². The lowest BCUT2D eigenvalue weighted by Gasteiger charge is -2.41. The highest BCUT2D eigenvalue weighted by atomic mass is 16.6. The number of carbonyl (C=O) groups excluding carboxylic acids is 3. The Hall–Kier alpha value is -2.41. The first-order valence-electron chi connectivity index (χ1n) is 9.51. The Morgan fingerprint density at radius 3 is 2.29 bits per heavy atom. The third kappa shape index (κ3) is 4.52. The maximum atomic E-state index is 11.8. The highest BCUT2D eigenvalue weighted by Crippen LogP contribution is 2.50. The fraction of sp³-hybridized carbons (Fsp3) is 0.571. The van der Waals surface area contributed by atoms with Gasteiger partial charge in [0, 0.05) is 32.6 Å². The van der Waals surface area contributed by atoms with Crippen LogP contribution in [0.15, 0.2) is 30.3 Å². The third-order valence-corrected chi connectivity index (χ3v) is 5.42. The third-order valence-electron chi connectivity index (χ3n) is 5.42. The van der Waals surface area contributed by atoms with E-state index in [1.54, 1.807) is 0 Å². The largest absolute Gasteiger partial charge is 0.463 e. The summed E-state index contributed by atoms with van der Waals surface area (Å²) in [5.41, 5.74) is 1.02. The second-order valence-corrected chi connectivity index (χ2v) is 7.41. The zero-order valence-electron chi connectivity index (χ0n) is 16.3. The first kappa shape index (κ1) is 20.3. The molecule has 0 amide bonds. The van der Waals surface area contributed by atoms with Crippen LogP contribution in [0.25, 0.3) is 0 Å². The number of benzene rings is 1. The molecular weight excluding hydrogens is 364 g/mol. The summed E-state index contributed by atoms with van der Waals surface area (Å²) in [6.45, 7) is 4.51. The molecular formula is C21H26O7. The zero-order valence-corrected chi connectivity index (χ0v) is 16.3. The summed E-state index contributed by atoms with van der Waals surface area (Å²) in [7, 11) is 0. The SMILES string of the molecule is CC(=O)OC[C@H]1OC[C@H]2C[C@@H](OC(C)=O)[C@H](c3ccccc3)[C@H]2[C@H]1OC(C)=O. The molecule has 0 aromatic heterocycles. The molecule has 2 aliphatic rings. The standard InChI is InChI=1S/C21H26O7/c1-12(22)25-11-18-21(28-14(3)24)20-16(10-26-18)9-17(27-13(2)23)19(20)15-7-5-4-6-8-15/h4-8,16-21H,9-11H2,1-3H3/t16-,17-,18-,19+,20+,21+/m1/s1. The van der Waals surface area contributed by atoms with Crippen molar-refractivity contribution in [3.63, 3.8) is 0 Å². The summed E-state index contributed by atoms with van der Waals surface area (Å²) in [6, 6.07) is 9.78. The maximum Gasteiger partial charge on any atom is 0.303 e. The Labute approximate surface area is 164 Å². The molecule has 1 saturated heterocycles. The van der Waals surface area contributed by atoms with E-state index in [1.165, 1.54) is 20.8 Å². The molecule has 0 N–H and O–H groups in total. The molecule has 6 atom stereocenters. The van der Waals surface area contributed by atoms with E-state index in [0.717, 1.165) is 5.56 Å². The number of carbonyl (C=O) groups is 3. The molecule has 0 bridgehead atoms. The molecule has 7 heteroatoms. The summed E-state index contributed by atoms with van der Waals surface area (Å²) < 4.78 is 22.3. The molecule has 0 radical (unpaired) electrons. The summed E-state index contributed by atoms with van der Waals surface area (Å²) in [6.07, 6.45) is -0.858. The van der Waals surface area contributed by atoms with Crippen molar-refractivity contribution in [2.45, 2.75) is 51.4 Å². The van der Waals surface area contributed by atoms with Crippen LogP contribution in [0.3, 0.4) is 0 Å². The smallest absolute Gasteiger partial charge is 0.303 e. The normalized spacial score (nSPS) is 31.5. The first-order valence-corrected chi connectivity index (χ1v) is 9.51. The van der Waals surface area contributed by atoms with Gasteiger partial charge in [0.25, 0.3) is 0 Å². The Bertz CT molecular complexity index is 717. The van der Waals surface area contributed by atoms with E-state index in [0.29, 0.717) is 13.0 Å². The summed E-state index contributed by atoms with van der Waals surface area (Å²) in [4.78, 5) is 34.8. The van der Waals surface area contributed by atoms with Gasteiger partial charge in [0.15, 0.2) is 0 Å². The lowest BCUT2D eigenvalue weighted by Crippen LogP contribution is -2.50. The maximum absolute atomic E-state index is 11.8. The minimum absolute atomic E-state index is 0.0102. The Kier molecular flexibility index (Phi) is 6.34. The lowest BCUT2D eigenvalue weighted by molar-refractivity contribution is -0.188. The van der Waals surface area contributed by atoms with E-state index in [-0.39, 0.29) is 36.4 Å². The predicted octanol–water partition coefficient (Wildman–Crippen LogP) is 2.23. The van der Waals surface area contributed by atoms with E-state index in [4.69, 9.17) is 18.9 Å². The number of rotatable bonds is 5. The molecule has 7 nitrogen and oxygen atoms in total. The number of esters is 3. The molecule has 1 saturated carbocycles. The van der Waals surface area contributed by atoms with Crippen LogP contribution in [0.1, 0.15) is 38.7 Å². The number of hydrogen-bond acceptors (Lipinski definition) is 7. The quantitative estimate of drug-likeness (QED) is 0.563. The highest BCUT2D eigenvalue weighted by Gasteiger charge is 2.55. The fourth-order valence-corrected chi connectivity index (χ4v) is 4.52. The van der Waals surface area contributed by atoms with Gasteiger partial charge in [-0.2, -0.15) is 0 Å². The van der Waals surface area contributed by atoms with Gasteiger partial charge in [0.2, 0.25) is 0 Å². The molecule has 0 spiro atoms. The molecule has 1 aliphatic heterocycles. The van der Waals surface area contributed by atoms with Crippen LogP contribution in [0, 0.1) is 11.8 Å². The van der Waals surface area contributed by atoms with Crippen LogP contribution in [-0.2, 0) is 33.3 Å². The van der Waals surface area contributed by atoms with Gasteiger partial charge in [-0.15, -0.1) is 0 Å². The summed E-state index contributed by atoms with van der Waals surface area (Å²) in [5, 5.41) is 0. The topological polar surface area (TPSA) is 88.1 Å². The van der Waals surface area contributed by atoms with Gasteiger partial charge in [0.05, 0.1) is 6.61 Å². The molecule has 1 aromatic rings. The molecule has 1 heterocycles. The summed E-state index contributed by atoms with van der Waals surface area (Å²) >= 11 is 0. The molecule has 3 rings (SSSR count). The second-order valence-electron chi connectivity index (χ2n) is 7.41. The van der Waals surface area contributed by atoms with Crippen molar-refractivity contribution in [1.82, 2.24) is 0 Å². The number of hydrogen-bond donors (Lipinski definition) is 0. The predicted molar refractivity (Wildman–Crippen MR) is 98.3 cm³/mol.